The van der Waals surface area contributed by atoms with Crippen molar-refractivity contribution < 1.29 is 17.9 Å². The van der Waals surface area contributed by atoms with Crippen molar-refractivity contribution in [2.24, 2.45) is 5.41 Å². The summed E-state index contributed by atoms with van der Waals surface area (Å²) in [5.74, 6) is -0.161. The Balaban J connectivity index is 1.59. The van der Waals surface area contributed by atoms with Crippen LogP contribution in [0, 0.1) is 12.3 Å². The van der Waals surface area contributed by atoms with Crippen LogP contribution in [0.2, 0.25) is 0 Å². The Kier molecular flexibility index (Phi) is 6.35. The zero-order valence-corrected chi connectivity index (χ0v) is 23.8. The standard InChI is InChI=1S/C32H36N2O4S/c1-21(2)23-13-15-24(16-14-23)29-28-10-7-19-33(28)30-26-8-5-6-9-27(26)34(20-32(29,30)31(35)38-4)39(36,37)25-17-11-22(3)12-18-25/h5-6,8-9,11-18,21,28-30H,7,10,19-20H2,1-4H3/t28-,29-,30-,32+/m1/s1. The molecule has 6 nitrogen and oxygen atoms in total. The van der Waals surface area contributed by atoms with Crippen LogP contribution in [0.4, 0.5) is 5.69 Å². The highest BCUT2D eigenvalue weighted by Crippen LogP contribution is 2.65. The first-order chi connectivity index (χ1) is 18.7. The number of hydrogen-bond donors (Lipinski definition) is 0. The Morgan fingerprint density at radius 2 is 1.69 bits per heavy atom. The summed E-state index contributed by atoms with van der Waals surface area (Å²) in [5.41, 5.74) is 3.71. The van der Waals surface area contributed by atoms with Gasteiger partial charge in [0.25, 0.3) is 10.0 Å². The predicted octanol–water partition coefficient (Wildman–Crippen LogP) is 5.79. The third-order valence-electron chi connectivity index (χ3n) is 9.14. The third kappa shape index (κ3) is 3.85. The molecule has 0 bridgehead atoms. The van der Waals surface area contributed by atoms with Gasteiger partial charge in [0.15, 0.2) is 0 Å². The van der Waals surface area contributed by atoms with Crippen molar-refractivity contribution in [1.29, 1.82) is 0 Å². The average Bonchev–Trinajstić information content (AvgIpc) is 3.51. The van der Waals surface area contributed by atoms with E-state index in [9.17, 15) is 13.2 Å². The van der Waals surface area contributed by atoms with Gasteiger partial charge in [-0.05, 0) is 67.1 Å². The van der Waals surface area contributed by atoms with Gasteiger partial charge in [-0.15, -0.1) is 0 Å². The number of methoxy groups -OCH3 is 1. The van der Waals surface area contributed by atoms with Crippen molar-refractivity contribution in [3.05, 3.63) is 95.1 Å². The molecule has 0 aromatic heterocycles. The number of nitrogens with zero attached hydrogens (tertiary/aromatic N) is 2. The second-order valence-corrected chi connectivity index (χ2v) is 13.4. The first-order valence-corrected chi connectivity index (χ1v) is 15.3. The Morgan fingerprint density at radius 1 is 1.00 bits per heavy atom. The van der Waals surface area contributed by atoms with Crippen LogP contribution >= 0.6 is 0 Å². The fourth-order valence-corrected chi connectivity index (χ4v) is 8.91. The van der Waals surface area contributed by atoms with Crippen molar-refractivity contribution in [2.45, 2.75) is 62.4 Å². The van der Waals surface area contributed by atoms with E-state index in [0.29, 0.717) is 11.6 Å². The monoisotopic (exact) mass is 544 g/mol. The first kappa shape index (κ1) is 26.1. The number of anilines is 1. The number of carbonyl (C=O) groups is 1. The highest BCUT2D eigenvalue weighted by atomic mass is 32.2. The lowest BCUT2D eigenvalue weighted by atomic mass is 9.64. The number of sulfonamides is 1. The molecule has 0 N–H and O–H groups in total. The predicted molar refractivity (Wildman–Crippen MR) is 152 cm³/mol. The highest BCUT2D eigenvalue weighted by Gasteiger charge is 2.68. The number of esters is 1. The number of hydrogen-bond acceptors (Lipinski definition) is 5. The van der Waals surface area contributed by atoms with Gasteiger partial charge in [-0.3, -0.25) is 14.0 Å². The molecule has 0 spiro atoms. The number of fused-ring (bicyclic) bond motifs is 5. The second-order valence-electron chi connectivity index (χ2n) is 11.6. The summed E-state index contributed by atoms with van der Waals surface area (Å²) in [5, 5.41) is 0. The molecule has 3 aromatic carbocycles. The minimum atomic E-state index is -3.95. The molecule has 6 rings (SSSR count). The van der Waals surface area contributed by atoms with E-state index < -0.39 is 15.4 Å². The Bertz CT molecular complexity index is 1500. The van der Waals surface area contributed by atoms with E-state index in [2.05, 4.69) is 43.0 Å². The molecule has 0 unspecified atom stereocenters. The topological polar surface area (TPSA) is 66.9 Å². The van der Waals surface area contributed by atoms with Gasteiger partial charge in [-0.1, -0.05) is 74.0 Å². The summed E-state index contributed by atoms with van der Waals surface area (Å²) in [7, 11) is -2.52. The number of aryl methyl sites for hydroxylation is 1. The average molecular weight is 545 g/mol. The van der Waals surface area contributed by atoms with Gasteiger partial charge >= 0.3 is 5.97 Å². The maximum absolute atomic E-state index is 14.3. The smallest absolute Gasteiger partial charge is 0.316 e. The summed E-state index contributed by atoms with van der Waals surface area (Å²) >= 11 is 0. The van der Waals surface area contributed by atoms with E-state index in [1.165, 1.54) is 17.0 Å². The normalized spacial score (nSPS) is 26.3. The van der Waals surface area contributed by atoms with Crippen molar-refractivity contribution in [3.63, 3.8) is 0 Å². The van der Waals surface area contributed by atoms with Crippen molar-refractivity contribution >= 4 is 21.7 Å². The zero-order chi connectivity index (χ0) is 27.5. The Hall–Kier alpha value is -3.16. The molecule has 0 saturated carbocycles. The van der Waals surface area contributed by atoms with E-state index in [-0.39, 0.29) is 35.4 Å². The molecular formula is C32H36N2O4S. The summed E-state index contributed by atoms with van der Waals surface area (Å²) in [4.78, 5) is 16.8. The Morgan fingerprint density at radius 3 is 2.36 bits per heavy atom. The fraction of sp³-hybridized carbons (Fsp3) is 0.406. The van der Waals surface area contributed by atoms with Crippen LogP contribution in [-0.2, 0) is 19.6 Å². The van der Waals surface area contributed by atoms with Crippen molar-refractivity contribution in [1.82, 2.24) is 4.90 Å². The van der Waals surface area contributed by atoms with Crippen LogP contribution in [0.1, 0.15) is 66.8 Å². The van der Waals surface area contributed by atoms with Gasteiger partial charge in [0.05, 0.1) is 30.3 Å². The maximum Gasteiger partial charge on any atom is 0.316 e. The van der Waals surface area contributed by atoms with Crippen molar-refractivity contribution in [2.75, 3.05) is 24.5 Å². The van der Waals surface area contributed by atoms with Gasteiger partial charge in [-0.25, -0.2) is 8.42 Å². The first-order valence-electron chi connectivity index (χ1n) is 13.8. The van der Waals surface area contributed by atoms with Crippen molar-refractivity contribution in [3.8, 4) is 0 Å². The molecule has 2 saturated heterocycles. The number of benzene rings is 3. The summed E-state index contributed by atoms with van der Waals surface area (Å²) < 4.78 is 35.6. The van der Waals surface area contributed by atoms with Gasteiger partial charge < -0.3 is 4.74 Å². The molecule has 0 radical (unpaired) electrons. The van der Waals surface area contributed by atoms with E-state index >= 15 is 0 Å². The minimum absolute atomic E-state index is 0.0289. The molecule has 0 aliphatic carbocycles. The van der Waals surface area contributed by atoms with Gasteiger partial charge in [0.1, 0.15) is 5.41 Å². The van der Waals surface area contributed by atoms with Crippen LogP contribution in [0.15, 0.2) is 77.7 Å². The van der Waals surface area contributed by atoms with Crippen LogP contribution in [0.5, 0.6) is 0 Å². The molecule has 2 fully saturated rings. The largest absolute Gasteiger partial charge is 0.468 e. The molecule has 0 amide bonds. The van der Waals surface area contributed by atoms with Crippen LogP contribution < -0.4 is 4.31 Å². The van der Waals surface area contributed by atoms with Gasteiger partial charge in [0, 0.05) is 12.0 Å². The number of ether oxygens (including phenoxy) is 1. The summed E-state index contributed by atoms with van der Waals surface area (Å²) in [6.07, 6.45) is 2.01. The fourth-order valence-electron chi connectivity index (χ4n) is 7.37. The maximum atomic E-state index is 14.3. The second kappa shape index (κ2) is 9.49. The minimum Gasteiger partial charge on any atom is -0.468 e. The SMILES string of the molecule is COC(=O)[C@]12CN(S(=O)(=O)c3ccc(C)cc3)c3ccccc3[C@H]1N1CCC[C@@H]1[C@H]2c1ccc(C(C)C)cc1. The molecule has 4 atom stereocenters. The van der Waals surface area contributed by atoms with E-state index in [0.717, 1.165) is 36.1 Å². The van der Waals surface area contributed by atoms with E-state index in [4.69, 9.17) is 4.74 Å². The highest BCUT2D eigenvalue weighted by molar-refractivity contribution is 7.92. The molecule has 3 aliphatic rings. The van der Waals surface area contributed by atoms with Crippen LogP contribution in [-0.4, -0.2) is 45.5 Å². The summed E-state index contributed by atoms with van der Waals surface area (Å²) in [6, 6.07) is 23.0. The lowest BCUT2D eigenvalue weighted by molar-refractivity contribution is -0.155. The molecule has 39 heavy (non-hydrogen) atoms. The molecule has 3 aliphatic heterocycles. The lowest BCUT2D eigenvalue weighted by Crippen LogP contribution is -2.55. The Labute approximate surface area is 231 Å². The van der Waals surface area contributed by atoms with Gasteiger partial charge in [-0.2, -0.15) is 0 Å². The molecule has 204 valence electrons. The number of carbonyl (C=O) groups excluding carboxylic acids is 1. The number of rotatable bonds is 5. The van der Waals surface area contributed by atoms with Crippen LogP contribution in [0.25, 0.3) is 0 Å². The lowest BCUT2D eigenvalue weighted by Gasteiger charge is -2.47. The third-order valence-corrected chi connectivity index (χ3v) is 10.9. The van der Waals surface area contributed by atoms with E-state index in [1.807, 2.05) is 43.3 Å². The summed E-state index contributed by atoms with van der Waals surface area (Å²) in [6.45, 7) is 7.17. The molecular weight excluding hydrogens is 508 g/mol. The molecule has 3 aromatic rings. The quantitative estimate of drug-likeness (QED) is 0.381. The van der Waals surface area contributed by atoms with E-state index in [1.54, 1.807) is 12.1 Å². The zero-order valence-electron chi connectivity index (χ0n) is 23.0. The number of para-hydroxylation sites is 1. The molecule has 3 heterocycles. The van der Waals surface area contributed by atoms with Crippen LogP contribution in [0.3, 0.4) is 0 Å². The van der Waals surface area contributed by atoms with Gasteiger partial charge in [0.2, 0.25) is 0 Å². The molecule has 7 heteroatoms.